The normalized spacial score (nSPS) is 10.1. The summed E-state index contributed by atoms with van der Waals surface area (Å²) in [6.07, 6.45) is 3.11. The monoisotopic (exact) mass is 261 g/mol. The van der Waals surface area contributed by atoms with Gasteiger partial charge in [0.05, 0.1) is 26.0 Å². The summed E-state index contributed by atoms with van der Waals surface area (Å²) in [5.41, 5.74) is 1.34. The molecule has 2 rings (SSSR count). The van der Waals surface area contributed by atoms with Crippen molar-refractivity contribution >= 4 is 5.97 Å². The number of hydrogen-bond donors (Lipinski definition) is 0. The van der Waals surface area contributed by atoms with Gasteiger partial charge in [0.2, 0.25) is 0 Å². The van der Waals surface area contributed by atoms with E-state index in [1.807, 2.05) is 0 Å². The smallest absolute Gasteiger partial charge is 0.337 e. The van der Waals surface area contributed by atoms with E-state index in [-0.39, 0.29) is 5.56 Å². The highest BCUT2D eigenvalue weighted by molar-refractivity contribution is 5.91. The first-order valence-corrected chi connectivity index (χ1v) is 5.52. The highest BCUT2D eigenvalue weighted by atomic mass is 19.1. The van der Waals surface area contributed by atoms with Crippen molar-refractivity contribution < 1.29 is 18.7 Å². The van der Waals surface area contributed by atoms with Crippen LogP contribution in [0.3, 0.4) is 0 Å². The Hall–Kier alpha value is -2.43. The van der Waals surface area contributed by atoms with E-state index in [0.29, 0.717) is 16.9 Å². The Labute approximate surface area is 109 Å². The molecule has 0 unspecified atom stereocenters. The minimum absolute atomic E-state index is 0.153. The molecular formula is C14H12FNO3. The summed E-state index contributed by atoms with van der Waals surface area (Å²) < 4.78 is 23.2. The van der Waals surface area contributed by atoms with E-state index in [4.69, 9.17) is 4.74 Å². The van der Waals surface area contributed by atoms with E-state index in [2.05, 4.69) is 9.72 Å². The van der Waals surface area contributed by atoms with Gasteiger partial charge in [-0.2, -0.15) is 0 Å². The molecule has 0 fully saturated rings. The van der Waals surface area contributed by atoms with Crippen molar-refractivity contribution in [3.63, 3.8) is 0 Å². The topological polar surface area (TPSA) is 48.4 Å². The Kier molecular flexibility index (Phi) is 3.75. The first-order valence-electron chi connectivity index (χ1n) is 5.52. The molecular weight excluding hydrogens is 249 g/mol. The van der Waals surface area contributed by atoms with Crippen molar-refractivity contribution in [2.45, 2.75) is 0 Å². The number of carbonyl (C=O) groups excluding carboxylic acids is 1. The summed E-state index contributed by atoms with van der Waals surface area (Å²) in [5.74, 6) is -0.543. The Morgan fingerprint density at radius 3 is 2.58 bits per heavy atom. The van der Waals surface area contributed by atoms with Crippen LogP contribution in [0.15, 0.2) is 36.7 Å². The fraction of sp³-hybridized carbons (Fsp3) is 0.143. The molecule has 0 N–H and O–H groups in total. The zero-order valence-corrected chi connectivity index (χ0v) is 10.5. The number of hydrogen-bond acceptors (Lipinski definition) is 4. The number of aromatic nitrogens is 1. The minimum atomic E-state index is -0.586. The van der Waals surface area contributed by atoms with Crippen molar-refractivity contribution in [3.8, 4) is 16.9 Å². The Morgan fingerprint density at radius 2 is 1.89 bits per heavy atom. The van der Waals surface area contributed by atoms with E-state index in [0.717, 1.165) is 6.07 Å². The molecule has 0 spiro atoms. The van der Waals surface area contributed by atoms with Crippen LogP contribution in [-0.2, 0) is 4.74 Å². The summed E-state index contributed by atoms with van der Waals surface area (Å²) in [7, 11) is 2.77. The number of rotatable bonds is 3. The Balaban J connectivity index is 2.49. The van der Waals surface area contributed by atoms with E-state index < -0.39 is 11.8 Å². The number of methoxy groups -OCH3 is 2. The lowest BCUT2D eigenvalue weighted by atomic mass is 10.0. The SMILES string of the molecule is COC(=O)c1cc(F)cc(-c2cncc(OC)c2)c1. The van der Waals surface area contributed by atoms with E-state index in [9.17, 15) is 9.18 Å². The zero-order valence-electron chi connectivity index (χ0n) is 10.5. The number of carbonyl (C=O) groups is 1. The van der Waals surface area contributed by atoms with Crippen LogP contribution in [0.5, 0.6) is 5.75 Å². The lowest BCUT2D eigenvalue weighted by molar-refractivity contribution is 0.0600. The molecule has 1 heterocycles. The van der Waals surface area contributed by atoms with Crippen LogP contribution in [0.1, 0.15) is 10.4 Å². The van der Waals surface area contributed by atoms with Gasteiger partial charge in [-0.1, -0.05) is 0 Å². The molecule has 1 aromatic heterocycles. The molecule has 0 saturated carbocycles. The first kappa shape index (κ1) is 13.0. The van der Waals surface area contributed by atoms with Crippen LogP contribution in [0.25, 0.3) is 11.1 Å². The zero-order chi connectivity index (χ0) is 13.8. The predicted molar refractivity (Wildman–Crippen MR) is 67.5 cm³/mol. The van der Waals surface area contributed by atoms with E-state index in [1.54, 1.807) is 24.5 Å². The number of pyridine rings is 1. The first-order chi connectivity index (χ1) is 9.13. The summed E-state index contributed by atoms with van der Waals surface area (Å²) >= 11 is 0. The maximum atomic E-state index is 13.5. The molecule has 0 atom stereocenters. The Bertz CT molecular complexity index is 613. The summed E-state index contributed by atoms with van der Waals surface area (Å²) in [6.45, 7) is 0. The molecule has 98 valence electrons. The van der Waals surface area contributed by atoms with Crippen LogP contribution in [0.2, 0.25) is 0 Å². The molecule has 0 amide bonds. The van der Waals surface area contributed by atoms with Crippen LogP contribution < -0.4 is 4.74 Å². The lowest BCUT2D eigenvalue weighted by Crippen LogP contribution is -2.02. The summed E-state index contributed by atoms with van der Waals surface area (Å²) in [4.78, 5) is 15.4. The highest BCUT2D eigenvalue weighted by Gasteiger charge is 2.10. The molecule has 4 nitrogen and oxygen atoms in total. The molecule has 0 aliphatic rings. The molecule has 1 aromatic carbocycles. The van der Waals surface area contributed by atoms with Crippen molar-refractivity contribution in [2.75, 3.05) is 14.2 Å². The molecule has 0 aliphatic heterocycles. The summed E-state index contributed by atoms with van der Waals surface area (Å²) in [5, 5.41) is 0. The molecule has 0 bridgehead atoms. The maximum absolute atomic E-state index is 13.5. The standard InChI is InChI=1S/C14H12FNO3/c1-18-13-6-11(7-16-8-13)9-3-10(14(17)19-2)5-12(15)4-9/h3-8H,1-2H3. The lowest BCUT2D eigenvalue weighted by Gasteiger charge is -2.06. The van der Waals surface area contributed by atoms with Gasteiger partial charge in [-0.3, -0.25) is 4.98 Å². The molecule has 19 heavy (non-hydrogen) atoms. The quantitative estimate of drug-likeness (QED) is 0.797. The highest BCUT2D eigenvalue weighted by Crippen LogP contribution is 2.24. The van der Waals surface area contributed by atoms with Gasteiger partial charge in [0.15, 0.2) is 0 Å². The van der Waals surface area contributed by atoms with Gasteiger partial charge in [0, 0.05) is 11.8 Å². The number of benzene rings is 1. The molecule has 0 aliphatic carbocycles. The van der Waals surface area contributed by atoms with Crippen molar-refractivity contribution in [2.24, 2.45) is 0 Å². The second kappa shape index (κ2) is 5.48. The fourth-order valence-corrected chi connectivity index (χ4v) is 1.68. The van der Waals surface area contributed by atoms with E-state index >= 15 is 0 Å². The van der Waals surface area contributed by atoms with Gasteiger partial charge in [0.25, 0.3) is 0 Å². The largest absolute Gasteiger partial charge is 0.495 e. The van der Waals surface area contributed by atoms with Crippen LogP contribution in [-0.4, -0.2) is 25.2 Å². The van der Waals surface area contributed by atoms with Crippen molar-refractivity contribution in [1.82, 2.24) is 4.98 Å². The molecule has 2 aromatic rings. The molecule has 5 heteroatoms. The summed E-state index contributed by atoms with van der Waals surface area (Å²) in [6, 6.07) is 5.71. The van der Waals surface area contributed by atoms with Gasteiger partial charge < -0.3 is 9.47 Å². The van der Waals surface area contributed by atoms with Crippen LogP contribution in [0.4, 0.5) is 4.39 Å². The number of nitrogens with zero attached hydrogens (tertiary/aromatic N) is 1. The third-order valence-electron chi connectivity index (χ3n) is 2.60. The minimum Gasteiger partial charge on any atom is -0.495 e. The van der Waals surface area contributed by atoms with Gasteiger partial charge in [-0.25, -0.2) is 9.18 Å². The fourth-order valence-electron chi connectivity index (χ4n) is 1.68. The second-order valence-corrected chi connectivity index (χ2v) is 3.83. The maximum Gasteiger partial charge on any atom is 0.337 e. The number of ether oxygens (including phenoxy) is 2. The van der Waals surface area contributed by atoms with E-state index in [1.165, 1.54) is 20.3 Å². The number of esters is 1. The third-order valence-corrected chi connectivity index (χ3v) is 2.60. The second-order valence-electron chi connectivity index (χ2n) is 3.83. The van der Waals surface area contributed by atoms with Gasteiger partial charge in [0.1, 0.15) is 11.6 Å². The Morgan fingerprint density at radius 1 is 1.11 bits per heavy atom. The van der Waals surface area contributed by atoms with Crippen LogP contribution in [0, 0.1) is 5.82 Å². The average Bonchev–Trinajstić information content (AvgIpc) is 2.45. The molecule has 0 saturated heterocycles. The third kappa shape index (κ3) is 2.88. The van der Waals surface area contributed by atoms with Crippen molar-refractivity contribution in [3.05, 3.63) is 48.0 Å². The number of halogens is 1. The van der Waals surface area contributed by atoms with Crippen LogP contribution >= 0.6 is 0 Å². The van der Waals surface area contributed by atoms with Gasteiger partial charge in [-0.15, -0.1) is 0 Å². The van der Waals surface area contributed by atoms with Gasteiger partial charge >= 0.3 is 5.97 Å². The average molecular weight is 261 g/mol. The molecule has 0 radical (unpaired) electrons. The van der Waals surface area contributed by atoms with Crippen molar-refractivity contribution in [1.29, 1.82) is 0 Å². The predicted octanol–water partition coefficient (Wildman–Crippen LogP) is 2.68. The van der Waals surface area contributed by atoms with Gasteiger partial charge in [-0.05, 0) is 29.8 Å².